The third-order valence-corrected chi connectivity index (χ3v) is 2.49. The van der Waals surface area contributed by atoms with Crippen molar-refractivity contribution in [1.82, 2.24) is 9.13 Å². The van der Waals surface area contributed by atoms with E-state index in [2.05, 4.69) is 0 Å². The first-order valence-corrected chi connectivity index (χ1v) is 4.95. The molecule has 4 heteroatoms. The van der Waals surface area contributed by atoms with Gasteiger partial charge in [0.05, 0.1) is 5.69 Å². The zero-order chi connectivity index (χ0) is 11.7. The molecule has 1 heterocycles. The summed E-state index contributed by atoms with van der Waals surface area (Å²) < 4.78 is 2.94. The second-order valence-corrected chi connectivity index (χ2v) is 3.63. The molecule has 1 aromatic heterocycles. The molecule has 0 unspecified atom stereocenters. The molecule has 0 atom stereocenters. The van der Waals surface area contributed by atoms with Gasteiger partial charge in [-0.3, -0.25) is 9.36 Å². The number of benzene rings is 1. The van der Waals surface area contributed by atoms with Gasteiger partial charge in [0, 0.05) is 25.0 Å². The first-order chi connectivity index (χ1) is 7.61. The zero-order valence-corrected chi connectivity index (χ0v) is 9.18. The number of rotatable bonds is 2. The number of hydrogen-bond donors (Lipinski definition) is 0. The number of nitrogens with zero attached hydrogens (tertiary/aromatic N) is 2. The maximum absolute atomic E-state index is 11.8. The number of aryl methyl sites for hydroxylation is 1. The fourth-order valence-electron chi connectivity index (χ4n) is 1.63. The number of carbonyl (C=O) groups is 1. The van der Waals surface area contributed by atoms with Gasteiger partial charge in [-0.25, -0.2) is 4.79 Å². The Morgan fingerprint density at radius 1 is 1.19 bits per heavy atom. The molecule has 0 fully saturated rings. The van der Waals surface area contributed by atoms with Crippen LogP contribution in [0.1, 0.15) is 17.3 Å². The third-order valence-electron chi connectivity index (χ3n) is 2.49. The number of hydrogen-bond acceptors (Lipinski definition) is 2. The Bertz CT molecular complexity index is 593. The Kier molecular flexibility index (Phi) is 2.48. The summed E-state index contributed by atoms with van der Waals surface area (Å²) in [6.07, 6.45) is 3.32. The van der Waals surface area contributed by atoms with Gasteiger partial charge in [-0.05, 0) is 19.1 Å². The predicted molar refractivity (Wildman–Crippen MR) is 61.0 cm³/mol. The Hall–Kier alpha value is -2.10. The Balaban J connectivity index is 2.69. The van der Waals surface area contributed by atoms with E-state index < -0.39 is 0 Å². The highest BCUT2D eigenvalue weighted by molar-refractivity contribution is 5.97. The summed E-state index contributed by atoms with van der Waals surface area (Å²) in [4.78, 5) is 23.2. The minimum Gasteiger partial charge on any atom is -0.302 e. The molecule has 0 spiro atoms. The number of ketones is 1. The lowest BCUT2D eigenvalue weighted by Crippen LogP contribution is -2.21. The van der Waals surface area contributed by atoms with Crippen molar-refractivity contribution in [3.8, 4) is 5.69 Å². The van der Waals surface area contributed by atoms with Gasteiger partial charge in [-0.1, -0.05) is 12.1 Å². The molecule has 1 aromatic carbocycles. The van der Waals surface area contributed by atoms with Crippen molar-refractivity contribution in [2.75, 3.05) is 0 Å². The quantitative estimate of drug-likeness (QED) is 0.712. The fourth-order valence-corrected chi connectivity index (χ4v) is 1.63. The molecule has 2 rings (SSSR count). The molecule has 16 heavy (non-hydrogen) atoms. The van der Waals surface area contributed by atoms with E-state index >= 15 is 0 Å². The lowest BCUT2D eigenvalue weighted by molar-refractivity contribution is 0.101. The minimum absolute atomic E-state index is 0.0497. The van der Waals surface area contributed by atoms with Crippen LogP contribution < -0.4 is 5.69 Å². The molecule has 0 radical (unpaired) electrons. The van der Waals surface area contributed by atoms with E-state index in [1.807, 2.05) is 0 Å². The van der Waals surface area contributed by atoms with E-state index in [0.717, 1.165) is 0 Å². The van der Waals surface area contributed by atoms with Crippen LogP contribution in [0, 0.1) is 0 Å². The van der Waals surface area contributed by atoms with Crippen molar-refractivity contribution in [3.63, 3.8) is 0 Å². The van der Waals surface area contributed by atoms with Crippen LogP contribution in [0.2, 0.25) is 0 Å². The molecule has 0 aliphatic heterocycles. The van der Waals surface area contributed by atoms with Gasteiger partial charge in [-0.15, -0.1) is 0 Å². The summed E-state index contributed by atoms with van der Waals surface area (Å²) in [6, 6.07) is 7.07. The molecule has 0 N–H and O–H groups in total. The number of Topliss-reactive ketones (excluding diaryl/α,β-unsaturated/α-hetero) is 1. The molecule has 0 bridgehead atoms. The third kappa shape index (κ3) is 1.58. The molecule has 0 aliphatic rings. The van der Waals surface area contributed by atoms with Gasteiger partial charge in [0.2, 0.25) is 0 Å². The predicted octanol–water partition coefficient (Wildman–Crippen LogP) is 1.38. The molecule has 0 saturated carbocycles. The molecule has 0 amide bonds. The Morgan fingerprint density at radius 2 is 1.88 bits per heavy atom. The summed E-state index contributed by atoms with van der Waals surface area (Å²) in [5, 5.41) is 0. The smallest absolute Gasteiger partial charge is 0.302 e. The second-order valence-electron chi connectivity index (χ2n) is 3.63. The zero-order valence-electron chi connectivity index (χ0n) is 9.18. The summed E-state index contributed by atoms with van der Waals surface area (Å²) in [5.41, 5.74) is 1.02. The van der Waals surface area contributed by atoms with Gasteiger partial charge >= 0.3 is 5.69 Å². The van der Waals surface area contributed by atoms with E-state index in [1.165, 1.54) is 16.1 Å². The van der Waals surface area contributed by atoms with Crippen molar-refractivity contribution >= 4 is 5.78 Å². The van der Waals surface area contributed by atoms with Crippen molar-refractivity contribution in [2.45, 2.75) is 6.92 Å². The largest absolute Gasteiger partial charge is 0.332 e. The van der Waals surface area contributed by atoms with Crippen molar-refractivity contribution in [3.05, 3.63) is 52.7 Å². The van der Waals surface area contributed by atoms with Crippen LogP contribution in [-0.4, -0.2) is 14.9 Å². The summed E-state index contributed by atoms with van der Waals surface area (Å²) >= 11 is 0. The number of para-hydroxylation sites is 1. The molecule has 2 aromatic rings. The highest BCUT2D eigenvalue weighted by Gasteiger charge is 2.10. The van der Waals surface area contributed by atoms with Crippen LogP contribution in [0.3, 0.4) is 0 Å². The first-order valence-electron chi connectivity index (χ1n) is 4.95. The fraction of sp³-hybridized carbons (Fsp3) is 0.167. The highest BCUT2D eigenvalue weighted by Crippen LogP contribution is 2.12. The van der Waals surface area contributed by atoms with Crippen LogP contribution in [0.4, 0.5) is 0 Å². The van der Waals surface area contributed by atoms with Crippen LogP contribution >= 0.6 is 0 Å². The van der Waals surface area contributed by atoms with Crippen LogP contribution in [0.15, 0.2) is 41.5 Å². The molecule has 4 nitrogen and oxygen atoms in total. The first kappa shape index (κ1) is 10.4. The SMILES string of the molecule is CC(=O)c1ccccc1-n1ccn(C)c1=O. The topological polar surface area (TPSA) is 44.0 Å². The van der Waals surface area contributed by atoms with Crippen molar-refractivity contribution in [1.29, 1.82) is 0 Å². The van der Waals surface area contributed by atoms with Gasteiger partial charge in [-0.2, -0.15) is 0 Å². The average Bonchev–Trinajstić information content (AvgIpc) is 2.60. The van der Waals surface area contributed by atoms with Crippen LogP contribution in [0.25, 0.3) is 5.69 Å². The summed E-state index contributed by atoms with van der Waals surface area (Å²) in [5.74, 6) is -0.0497. The van der Waals surface area contributed by atoms with Crippen LogP contribution in [0.5, 0.6) is 0 Å². The maximum Gasteiger partial charge on any atom is 0.332 e. The maximum atomic E-state index is 11.8. The van der Waals surface area contributed by atoms with Crippen molar-refractivity contribution in [2.24, 2.45) is 7.05 Å². The number of carbonyl (C=O) groups excluding carboxylic acids is 1. The van der Waals surface area contributed by atoms with Crippen LogP contribution in [-0.2, 0) is 7.05 Å². The second kappa shape index (κ2) is 3.81. The Morgan fingerprint density at radius 3 is 2.44 bits per heavy atom. The molecule has 0 aliphatic carbocycles. The standard InChI is InChI=1S/C12H12N2O2/c1-9(15)10-5-3-4-6-11(10)14-8-7-13(2)12(14)16/h3-8H,1-2H3. The van der Waals surface area contributed by atoms with E-state index in [4.69, 9.17) is 0 Å². The highest BCUT2D eigenvalue weighted by atomic mass is 16.1. The normalized spacial score (nSPS) is 10.4. The lowest BCUT2D eigenvalue weighted by atomic mass is 10.1. The number of aromatic nitrogens is 2. The van der Waals surface area contributed by atoms with Crippen molar-refractivity contribution < 1.29 is 4.79 Å². The lowest BCUT2D eigenvalue weighted by Gasteiger charge is -2.06. The van der Waals surface area contributed by atoms with E-state index in [-0.39, 0.29) is 11.5 Å². The number of imidazole rings is 1. The van der Waals surface area contributed by atoms with Gasteiger partial charge in [0.25, 0.3) is 0 Å². The Labute approximate surface area is 92.8 Å². The van der Waals surface area contributed by atoms with Gasteiger partial charge in [0.15, 0.2) is 5.78 Å². The van der Waals surface area contributed by atoms with Gasteiger partial charge < -0.3 is 4.57 Å². The molecular formula is C12H12N2O2. The molecule has 0 saturated heterocycles. The molecular weight excluding hydrogens is 204 g/mol. The minimum atomic E-state index is -0.159. The average molecular weight is 216 g/mol. The monoisotopic (exact) mass is 216 g/mol. The summed E-state index contributed by atoms with van der Waals surface area (Å²) in [7, 11) is 1.68. The van der Waals surface area contributed by atoms with E-state index in [9.17, 15) is 9.59 Å². The summed E-state index contributed by atoms with van der Waals surface area (Å²) in [6.45, 7) is 1.49. The van der Waals surface area contributed by atoms with E-state index in [1.54, 1.807) is 43.7 Å². The van der Waals surface area contributed by atoms with Gasteiger partial charge in [0.1, 0.15) is 0 Å². The van der Waals surface area contributed by atoms with E-state index in [0.29, 0.717) is 11.3 Å². The molecule has 82 valence electrons.